The Morgan fingerprint density at radius 2 is 1.93 bits per heavy atom. The molecule has 0 aromatic carbocycles. The molecular formula is C11H20O3S. The highest BCUT2D eigenvalue weighted by Gasteiger charge is 2.29. The summed E-state index contributed by atoms with van der Waals surface area (Å²) in [5, 5.41) is 0. The number of ether oxygens (including phenoxy) is 1. The second kappa shape index (κ2) is 7.74. The highest BCUT2D eigenvalue weighted by atomic mass is 32.2. The van der Waals surface area contributed by atoms with E-state index in [0.717, 1.165) is 12.2 Å². The highest BCUT2D eigenvalue weighted by molar-refractivity contribution is 7.99. The van der Waals surface area contributed by atoms with Crippen LogP contribution in [0, 0.1) is 11.8 Å². The molecule has 0 aliphatic carbocycles. The van der Waals surface area contributed by atoms with E-state index in [2.05, 4.69) is 11.7 Å². The van der Waals surface area contributed by atoms with Crippen molar-refractivity contribution >= 4 is 23.5 Å². The van der Waals surface area contributed by atoms with Gasteiger partial charge in [0.15, 0.2) is 5.78 Å². The van der Waals surface area contributed by atoms with Gasteiger partial charge in [0.1, 0.15) is 5.92 Å². The summed E-state index contributed by atoms with van der Waals surface area (Å²) < 4.78 is 4.63. The summed E-state index contributed by atoms with van der Waals surface area (Å²) in [7, 11) is 1.32. The van der Waals surface area contributed by atoms with E-state index in [4.69, 9.17) is 0 Å². The third kappa shape index (κ3) is 5.21. The Balaban J connectivity index is 4.24. The van der Waals surface area contributed by atoms with E-state index in [1.54, 1.807) is 11.8 Å². The van der Waals surface area contributed by atoms with Gasteiger partial charge in [-0.1, -0.05) is 20.8 Å². The van der Waals surface area contributed by atoms with Crippen LogP contribution in [0.3, 0.4) is 0 Å². The Bertz CT molecular complexity index is 214. The molecule has 15 heavy (non-hydrogen) atoms. The molecule has 0 aliphatic heterocycles. The van der Waals surface area contributed by atoms with E-state index in [1.165, 1.54) is 7.11 Å². The van der Waals surface area contributed by atoms with E-state index in [1.807, 2.05) is 13.8 Å². The lowest BCUT2D eigenvalue weighted by Crippen LogP contribution is -2.31. The summed E-state index contributed by atoms with van der Waals surface area (Å²) in [6, 6.07) is 0. The molecule has 0 aliphatic rings. The Kier molecular flexibility index (Phi) is 7.48. The van der Waals surface area contributed by atoms with E-state index in [0.29, 0.717) is 5.75 Å². The van der Waals surface area contributed by atoms with Gasteiger partial charge in [0.2, 0.25) is 0 Å². The van der Waals surface area contributed by atoms with E-state index < -0.39 is 11.9 Å². The predicted molar refractivity (Wildman–Crippen MR) is 63.0 cm³/mol. The number of thioether (sulfide) groups is 1. The van der Waals surface area contributed by atoms with E-state index >= 15 is 0 Å². The summed E-state index contributed by atoms with van der Waals surface area (Å²) in [4.78, 5) is 23.1. The van der Waals surface area contributed by atoms with E-state index in [9.17, 15) is 9.59 Å². The number of hydrogen-bond donors (Lipinski definition) is 0. The Labute approximate surface area is 95.9 Å². The number of methoxy groups -OCH3 is 1. The van der Waals surface area contributed by atoms with Gasteiger partial charge < -0.3 is 4.74 Å². The number of Topliss-reactive ketones (excluding diaryl/α,β-unsaturated/α-hetero) is 1. The smallest absolute Gasteiger partial charge is 0.316 e. The lowest BCUT2D eigenvalue weighted by molar-refractivity contribution is -0.150. The second-order valence-corrected chi connectivity index (χ2v) is 4.87. The summed E-state index contributed by atoms with van der Waals surface area (Å²) in [6.45, 7) is 5.80. The van der Waals surface area contributed by atoms with Crippen LogP contribution in [0.1, 0.15) is 27.2 Å². The molecule has 0 amide bonds. The second-order valence-electron chi connectivity index (χ2n) is 3.76. The van der Waals surface area contributed by atoms with Crippen LogP contribution in [0.2, 0.25) is 0 Å². The van der Waals surface area contributed by atoms with Gasteiger partial charge in [-0.25, -0.2) is 0 Å². The maximum atomic E-state index is 11.7. The summed E-state index contributed by atoms with van der Waals surface area (Å²) >= 11 is 1.58. The molecule has 0 aromatic heterocycles. The minimum absolute atomic E-state index is 0.00664. The van der Waals surface area contributed by atoms with Crippen molar-refractivity contribution in [2.75, 3.05) is 18.6 Å². The molecule has 0 rings (SSSR count). The lowest BCUT2D eigenvalue weighted by Gasteiger charge is -2.16. The van der Waals surface area contributed by atoms with Crippen LogP contribution in [-0.2, 0) is 14.3 Å². The number of ketones is 1. The molecule has 3 nitrogen and oxygen atoms in total. The molecule has 0 saturated carbocycles. The van der Waals surface area contributed by atoms with Gasteiger partial charge in [-0.15, -0.1) is 0 Å². The van der Waals surface area contributed by atoms with Crippen molar-refractivity contribution in [3.05, 3.63) is 0 Å². The van der Waals surface area contributed by atoms with Gasteiger partial charge in [0.05, 0.1) is 12.9 Å². The molecule has 0 fully saturated rings. The van der Waals surface area contributed by atoms with Gasteiger partial charge in [-0.2, -0.15) is 11.8 Å². The molecule has 0 N–H and O–H groups in total. The molecule has 0 radical (unpaired) electrons. The number of hydrogen-bond acceptors (Lipinski definition) is 4. The van der Waals surface area contributed by atoms with Crippen molar-refractivity contribution in [2.24, 2.45) is 11.8 Å². The normalized spacial score (nSPS) is 12.6. The fourth-order valence-electron chi connectivity index (χ4n) is 1.31. The first-order chi connectivity index (χ1) is 7.04. The minimum Gasteiger partial charge on any atom is -0.468 e. The Morgan fingerprint density at radius 3 is 2.33 bits per heavy atom. The minimum atomic E-state index is -0.598. The van der Waals surface area contributed by atoms with Crippen LogP contribution in [0.4, 0.5) is 0 Å². The molecule has 0 aromatic rings. The monoisotopic (exact) mass is 232 g/mol. The number of carbonyl (C=O) groups is 2. The van der Waals surface area contributed by atoms with Crippen LogP contribution in [0.25, 0.3) is 0 Å². The van der Waals surface area contributed by atoms with Crippen molar-refractivity contribution in [1.29, 1.82) is 0 Å². The predicted octanol–water partition coefficient (Wildman–Crippen LogP) is 2.14. The Hall–Kier alpha value is -0.510. The summed E-state index contributed by atoms with van der Waals surface area (Å²) in [6.07, 6.45) is 1.04. The molecule has 0 saturated heterocycles. The summed E-state index contributed by atoms with van der Waals surface area (Å²) in [5.74, 6) is 0.345. The highest BCUT2D eigenvalue weighted by Crippen LogP contribution is 2.17. The molecule has 0 spiro atoms. The molecule has 0 bridgehead atoms. The van der Waals surface area contributed by atoms with Crippen LogP contribution in [0.15, 0.2) is 0 Å². The third-order valence-electron chi connectivity index (χ3n) is 2.06. The maximum Gasteiger partial charge on any atom is 0.316 e. The quantitative estimate of drug-likeness (QED) is 0.383. The van der Waals surface area contributed by atoms with E-state index in [-0.39, 0.29) is 11.7 Å². The largest absolute Gasteiger partial charge is 0.468 e. The first-order valence-corrected chi connectivity index (χ1v) is 6.38. The van der Waals surface area contributed by atoms with Crippen molar-refractivity contribution in [1.82, 2.24) is 0 Å². The molecule has 1 unspecified atom stereocenters. The summed E-state index contributed by atoms with van der Waals surface area (Å²) in [5.41, 5.74) is 0. The van der Waals surface area contributed by atoms with Gasteiger partial charge in [-0.05, 0) is 18.1 Å². The van der Waals surface area contributed by atoms with Crippen LogP contribution >= 0.6 is 11.8 Å². The maximum absolute atomic E-state index is 11.7. The first-order valence-electron chi connectivity index (χ1n) is 5.22. The standard InChI is InChI=1S/C11H20O3S/c1-5-6-15-7-9(12)10(8(2)3)11(13)14-4/h8,10H,5-7H2,1-4H3. The zero-order valence-electron chi connectivity index (χ0n) is 9.91. The molecule has 1 atom stereocenters. The number of carbonyl (C=O) groups excluding carboxylic acids is 2. The molecular weight excluding hydrogens is 212 g/mol. The average Bonchev–Trinajstić information content (AvgIpc) is 2.17. The topological polar surface area (TPSA) is 43.4 Å². The SMILES string of the molecule is CCCSCC(=O)C(C(=O)OC)C(C)C. The first kappa shape index (κ1) is 14.5. The zero-order chi connectivity index (χ0) is 11.8. The van der Waals surface area contributed by atoms with Crippen molar-refractivity contribution in [2.45, 2.75) is 27.2 Å². The van der Waals surface area contributed by atoms with Crippen LogP contribution < -0.4 is 0 Å². The lowest BCUT2D eigenvalue weighted by atomic mass is 9.92. The fourth-order valence-corrected chi connectivity index (χ4v) is 2.12. The van der Waals surface area contributed by atoms with Crippen LogP contribution in [-0.4, -0.2) is 30.4 Å². The van der Waals surface area contributed by atoms with Crippen molar-refractivity contribution in [3.8, 4) is 0 Å². The van der Waals surface area contributed by atoms with Gasteiger partial charge in [0.25, 0.3) is 0 Å². The number of rotatable bonds is 7. The van der Waals surface area contributed by atoms with Gasteiger partial charge >= 0.3 is 5.97 Å². The third-order valence-corrected chi connectivity index (χ3v) is 3.25. The molecule has 88 valence electrons. The van der Waals surface area contributed by atoms with Crippen LogP contribution in [0.5, 0.6) is 0 Å². The molecule has 0 heterocycles. The fraction of sp³-hybridized carbons (Fsp3) is 0.818. The average molecular weight is 232 g/mol. The van der Waals surface area contributed by atoms with Gasteiger partial charge in [0, 0.05) is 0 Å². The van der Waals surface area contributed by atoms with Crippen molar-refractivity contribution < 1.29 is 14.3 Å². The Morgan fingerprint density at radius 1 is 1.33 bits per heavy atom. The van der Waals surface area contributed by atoms with Gasteiger partial charge in [-0.3, -0.25) is 9.59 Å². The zero-order valence-corrected chi connectivity index (χ0v) is 10.7. The van der Waals surface area contributed by atoms with Crippen molar-refractivity contribution in [3.63, 3.8) is 0 Å². The molecule has 4 heteroatoms. The number of esters is 1.